The number of benzene rings is 1. The molecule has 4 rings (SSSR count). The highest BCUT2D eigenvalue weighted by Gasteiger charge is 2.60. The van der Waals surface area contributed by atoms with Crippen LogP contribution in [0.1, 0.15) is 5.56 Å². The first kappa shape index (κ1) is 34.9. The first-order chi connectivity index (χ1) is 20.9. The van der Waals surface area contributed by atoms with E-state index in [2.05, 4.69) is 0 Å². The second kappa shape index (κ2) is 14.6. The normalized spacial score (nSPS) is 45.0. The molecule has 0 aliphatic carbocycles. The van der Waals surface area contributed by atoms with Gasteiger partial charge in [-0.05, 0) is 11.6 Å². The third-order valence-corrected chi connectivity index (χ3v) is 8.04. The van der Waals surface area contributed by atoms with Gasteiger partial charge < -0.3 is 81.7 Å². The summed E-state index contributed by atoms with van der Waals surface area (Å²) < 4.78 is 28.4. The Morgan fingerprint density at radius 2 is 1.39 bits per heavy atom. The average molecular weight is 632 g/mol. The molecular weight excluding hydrogens is 590 g/mol. The Morgan fingerprint density at radius 3 is 2.00 bits per heavy atom. The smallest absolute Gasteiger partial charge is 0.252 e. The topological polar surface area (TPSA) is 303 Å². The Kier molecular flexibility index (Phi) is 11.6. The molecule has 0 amide bonds. The SMILES string of the molecule is N[C@H]1[C@H](OC2[C@@H](CO)O[C@@H](O)[C@H](N)[C@H]2O)O[C@H](CO)C(O[C@@]2(C(=O)/C=C/c3ccccc3)O[C@H](CO)[C@@H](O)[C@H](O)[C@H]2N)[C@@H]1O. The molecule has 1 aromatic rings. The lowest BCUT2D eigenvalue weighted by Gasteiger charge is -2.52. The van der Waals surface area contributed by atoms with E-state index in [0.717, 1.165) is 6.08 Å². The van der Waals surface area contributed by atoms with Crippen LogP contribution in [0.3, 0.4) is 0 Å². The lowest BCUT2D eigenvalue weighted by Crippen LogP contribution is -2.75. The van der Waals surface area contributed by atoms with E-state index in [1.807, 2.05) is 0 Å². The predicted octanol–water partition coefficient (Wildman–Crippen LogP) is -6.02. The van der Waals surface area contributed by atoms with Crippen LogP contribution in [0.15, 0.2) is 36.4 Å². The second-order valence-corrected chi connectivity index (χ2v) is 10.9. The van der Waals surface area contributed by atoms with Crippen LogP contribution in [0.4, 0.5) is 0 Å². The van der Waals surface area contributed by atoms with Crippen molar-refractivity contribution in [2.45, 2.75) is 91.4 Å². The number of ether oxygens (including phenoxy) is 5. The molecule has 17 nitrogen and oxygen atoms in total. The lowest BCUT2D eigenvalue weighted by molar-refractivity contribution is -0.367. The Labute approximate surface area is 251 Å². The number of nitrogens with two attached hydrogens (primary N) is 3. The molecule has 2 unspecified atom stereocenters. The van der Waals surface area contributed by atoms with Gasteiger partial charge in [0, 0.05) is 0 Å². The summed E-state index contributed by atoms with van der Waals surface area (Å²) in [6.45, 7) is -2.42. The van der Waals surface area contributed by atoms with Crippen LogP contribution in [0.5, 0.6) is 0 Å². The van der Waals surface area contributed by atoms with Gasteiger partial charge in [0.25, 0.3) is 5.79 Å². The minimum absolute atomic E-state index is 0.596. The van der Waals surface area contributed by atoms with E-state index in [-0.39, 0.29) is 0 Å². The summed E-state index contributed by atoms with van der Waals surface area (Å²) in [5.74, 6) is -3.61. The molecule has 0 saturated carbocycles. The Bertz CT molecular complexity index is 1110. The largest absolute Gasteiger partial charge is 0.394 e. The summed E-state index contributed by atoms with van der Waals surface area (Å²) in [7, 11) is 0. The fraction of sp³-hybridized carbons (Fsp3) is 0.667. The van der Waals surface area contributed by atoms with Gasteiger partial charge in [-0.1, -0.05) is 36.4 Å². The van der Waals surface area contributed by atoms with E-state index in [9.17, 15) is 45.6 Å². The van der Waals surface area contributed by atoms with Crippen LogP contribution in [-0.2, 0) is 28.5 Å². The Morgan fingerprint density at radius 1 is 0.795 bits per heavy atom. The van der Waals surface area contributed by atoms with Gasteiger partial charge >= 0.3 is 0 Å². The first-order valence-electron chi connectivity index (χ1n) is 14.0. The van der Waals surface area contributed by atoms with Crippen LogP contribution in [0, 0.1) is 0 Å². The van der Waals surface area contributed by atoms with Gasteiger partial charge in [-0.3, -0.25) is 4.79 Å². The molecule has 3 heterocycles. The standard InChI is InChI=1S/C27H41N3O14/c28-16-19(36)22(13(9-32)40-25(16)39)42-26-17(29)20(37)23(14(10-33)41-26)44-27(15(34)7-6-11-4-2-1-3-5-11)24(30)21(38)18(35)12(8-31)43-27/h1-7,12-14,16-26,31-33,35-39H,8-10,28-30H2/b7-6+/t12-,13-,14-,16-,17-,18-,19-,20-,21+,22?,23?,24-,25-,26+,27-/m1/s1. The van der Waals surface area contributed by atoms with Gasteiger partial charge in [-0.25, -0.2) is 0 Å². The maximum Gasteiger partial charge on any atom is 0.252 e. The molecule has 0 spiro atoms. The molecule has 3 aliphatic rings. The van der Waals surface area contributed by atoms with Crippen LogP contribution in [-0.4, -0.2) is 158 Å². The second-order valence-electron chi connectivity index (χ2n) is 10.9. The molecular formula is C27H41N3O14. The molecule has 0 aromatic heterocycles. The van der Waals surface area contributed by atoms with Crippen molar-refractivity contribution in [3.63, 3.8) is 0 Å². The van der Waals surface area contributed by atoms with E-state index in [4.69, 9.17) is 40.9 Å². The number of hydrogen-bond donors (Lipinski definition) is 11. The van der Waals surface area contributed by atoms with Gasteiger partial charge in [-0.2, -0.15) is 0 Å². The highest BCUT2D eigenvalue weighted by atomic mass is 16.8. The fourth-order valence-corrected chi connectivity index (χ4v) is 5.40. The summed E-state index contributed by atoms with van der Waals surface area (Å²) in [6, 6.07) is 3.97. The third-order valence-electron chi connectivity index (χ3n) is 8.04. The Hall–Kier alpha value is -2.01. The number of carbonyl (C=O) groups is 1. The monoisotopic (exact) mass is 631 g/mol. The van der Waals surface area contributed by atoms with Crippen LogP contribution in [0.25, 0.3) is 6.08 Å². The minimum atomic E-state index is -2.63. The third kappa shape index (κ3) is 6.74. The summed E-state index contributed by atoms with van der Waals surface area (Å²) >= 11 is 0. The minimum Gasteiger partial charge on any atom is -0.394 e. The first-order valence-corrected chi connectivity index (χ1v) is 14.0. The summed E-state index contributed by atoms with van der Waals surface area (Å²) in [6.07, 6.45) is -15.1. The van der Waals surface area contributed by atoms with Crippen molar-refractivity contribution in [1.82, 2.24) is 0 Å². The molecule has 17 heteroatoms. The van der Waals surface area contributed by atoms with Gasteiger partial charge in [0.15, 0.2) is 12.6 Å². The summed E-state index contributed by atoms with van der Waals surface area (Å²) in [5.41, 5.74) is 18.8. The highest BCUT2D eigenvalue weighted by molar-refractivity contribution is 6.00. The number of ketones is 1. The molecule has 1 aromatic carbocycles. The zero-order valence-corrected chi connectivity index (χ0v) is 23.5. The van der Waals surface area contributed by atoms with Crippen molar-refractivity contribution in [3.05, 3.63) is 42.0 Å². The van der Waals surface area contributed by atoms with Crippen molar-refractivity contribution in [2.24, 2.45) is 17.2 Å². The summed E-state index contributed by atoms with van der Waals surface area (Å²) in [4.78, 5) is 13.7. The number of aliphatic hydroxyl groups excluding tert-OH is 8. The maximum atomic E-state index is 13.7. The van der Waals surface area contributed by atoms with Gasteiger partial charge in [0.05, 0.1) is 37.9 Å². The van der Waals surface area contributed by atoms with E-state index in [1.54, 1.807) is 30.3 Å². The van der Waals surface area contributed by atoms with Crippen molar-refractivity contribution in [2.75, 3.05) is 19.8 Å². The number of rotatable bonds is 10. The molecule has 3 aliphatic heterocycles. The van der Waals surface area contributed by atoms with Gasteiger partial charge in [0.1, 0.15) is 54.9 Å². The quantitative estimate of drug-likeness (QED) is 0.107. The van der Waals surface area contributed by atoms with Crippen molar-refractivity contribution >= 4 is 11.9 Å². The van der Waals surface area contributed by atoms with Crippen LogP contribution in [0.2, 0.25) is 0 Å². The summed E-state index contributed by atoms with van der Waals surface area (Å²) in [5, 5.41) is 82.5. The molecule has 14 N–H and O–H groups in total. The van der Waals surface area contributed by atoms with Crippen molar-refractivity contribution in [3.8, 4) is 0 Å². The molecule has 0 radical (unpaired) electrons. The van der Waals surface area contributed by atoms with Crippen molar-refractivity contribution < 1.29 is 69.3 Å². The Balaban J connectivity index is 1.63. The molecule has 0 bridgehead atoms. The van der Waals surface area contributed by atoms with Gasteiger partial charge in [0.2, 0.25) is 5.78 Å². The van der Waals surface area contributed by atoms with E-state index in [0.29, 0.717) is 5.56 Å². The highest BCUT2D eigenvalue weighted by Crippen LogP contribution is 2.37. The fourth-order valence-electron chi connectivity index (χ4n) is 5.40. The number of aliphatic hydroxyl groups is 8. The van der Waals surface area contributed by atoms with Gasteiger partial charge in [-0.15, -0.1) is 0 Å². The lowest BCUT2D eigenvalue weighted by atomic mass is 9.87. The maximum absolute atomic E-state index is 13.7. The van der Waals surface area contributed by atoms with Crippen molar-refractivity contribution in [1.29, 1.82) is 0 Å². The van der Waals surface area contributed by atoms with E-state index >= 15 is 0 Å². The van der Waals surface area contributed by atoms with Crippen LogP contribution >= 0.6 is 0 Å². The zero-order valence-electron chi connectivity index (χ0n) is 23.5. The molecule has 44 heavy (non-hydrogen) atoms. The predicted molar refractivity (Wildman–Crippen MR) is 147 cm³/mol. The molecule has 3 fully saturated rings. The molecule has 15 atom stereocenters. The number of hydrogen-bond acceptors (Lipinski definition) is 17. The van der Waals surface area contributed by atoms with E-state index in [1.165, 1.54) is 6.08 Å². The molecule has 248 valence electrons. The zero-order chi connectivity index (χ0) is 32.3. The molecule has 3 saturated heterocycles. The van der Waals surface area contributed by atoms with E-state index < -0.39 is 117 Å². The number of carbonyl (C=O) groups excluding carboxylic acids is 1. The average Bonchev–Trinajstić information content (AvgIpc) is 3.03. The van der Waals surface area contributed by atoms with Crippen LogP contribution < -0.4 is 17.2 Å².